The van der Waals surface area contributed by atoms with Crippen molar-refractivity contribution in [3.63, 3.8) is 0 Å². The van der Waals surface area contributed by atoms with Crippen LogP contribution >= 0.6 is 0 Å². The number of nitrogens with zero attached hydrogens (tertiary/aromatic N) is 2. The van der Waals surface area contributed by atoms with Crippen molar-refractivity contribution in [1.29, 1.82) is 0 Å². The van der Waals surface area contributed by atoms with Crippen molar-refractivity contribution in [3.8, 4) is 0 Å². The van der Waals surface area contributed by atoms with Crippen LogP contribution in [0, 0.1) is 13.8 Å². The van der Waals surface area contributed by atoms with E-state index in [0.29, 0.717) is 0 Å². The van der Waals surface area contributed by atoms with Crippen LogP contribution in [0.3, 0.4) is 0 Å². The average molecular weight is 399 g/mol. The maximum atomic E-state index is 12.7. The Kier molecular flexibility index (Phi) is 6.51. The molecule has 1 saturated carbocycles. The molecule has 1 fully saturated rings. The molecule has 8 heteroatoms. The van der Waals surface area contributed by atoms with Gasteiger partial charge in [0, 0.05) is 23.5 Å². The summed E-state index contributed by atoms with van der Waals surface area (Å²) in [6.45, 7) is 5.50. The lowest BCUT2D eigenvalue weighted by atomic mass is 9.95. The molecule has 0 radical (unpaired) electrons. The Morgan fingerprint density at radius 3 is 2.66 bits per heavy atom. The molecule has 3 rings (SSSR count). The number of amides is 2. The van der Waals surface area contributed by atoms with Gasteiger partial charge in [0.15, 0.2) is 0 Å². The van der Waals surface area contributed by atoms with E-state index in [4.69, 9.17) is 0 Å². The number of aromatic nitrogens is 3. The van der Waals surface area contributed by atoms with Gasteiger partial charge in [-0.3, -0.25) is 19.5 Å². The lowest BCUT2D eigenvalue weighted by Gasteiger charge is -2.22. The Hall–Kier alpha value is -2.90. The van der Waals surface area contributed by atoms with Crippen molar-refractivity contribution in [3.05, 3.63) is 51.2 Å². The molecule has 0 spiro atoms. The van der Waals surface area contributed by atoms with Crippen LogP contribution in [0.5, 0.6) is 0 Å². The molecule has 8 nitrogen and oxygen atoms in total. The van der Waals surface area contributed by atoms with E-state index in [-0.39, 0.29) is 36.0 Å². The fourth-order valence-corrected chi connectivity index (χ4v) is 4.06. The van der Waals surface area contributed by atoms with Gasteiger partial charge in [-0.1, -0.05) is 19.3 Å². The Labute approximate surface area is 170 Å². The number of hydrogen-bond acceptors (Lipinski definition) is 4. The third kappa shape index (κ3) is 4.93. The van der Waals surface area contributed by atoms with Crippen molar-refractivity contribution < 1.29 is 9.59 Å². The van der Waals surface area contributed by atoms with Crippen LogP contribution in [0.1, 0.15) is 72.4 Å². The smallest absolute Gasteiger partial charge is 0.263 e. The highest BCUT2D eigenvalue weighted by Gasteiger charge is 2.20. The SMILES string of the molecule is Cc1n[nH]c(C)c1[C@@H](C)NC(=O)Cn1cccc(C(=O)NC2CCCCC2)c1=O. The number of aromatic amines is 1. The number of pyridine rings is 1. The van der Waals surface area contributed by atoms with E-state index in [9.17, 15) is 14.4 Å². The molecule has 2 amide bonds. The molecule has 0 unspecified atom stereocenters. The number of aryl methyl sites for hydroxylation is 2. The third-order valence-corrected chi connectivity index (χ3v) is 5.51. The van der Waals surface area contributed by atoms with Crippen molar-refractivity contribution >= 4 is 11.8 Å². The van der Waals surface area contributed by atoms with Crippen molar-refractivity contribution in [2.45, 2.75) is 71.5 Å². The molecule has 3 N–H and O–H groups in total. The van der Waals surface area contributed by atoms with Crippen LogP contribution in [0.2, 0.25) is 0 Å². The summed E-state index contributed by atoms with van der Waals surface area (Å²) in [6.07, 6.45) is 6.80. The van der Waals surface area contributed by atoms with Gasteiger partial charge >= 0.3 is 0 Å². The highest BCUT2D eigenvalue weighted by molar-refractivity contribution is 5.94. The molecule has 156 valence electrons. The zero-order chi connectivity index (χ0) is 21.0. The lowest BCUT2D eigenvalue weighted by Crippen LogP contribution is -2.41. The minimum Gasteiger partial charge on any atom is -0.349 e. The van der Waals surface area contributed by atoms with Gasteiger partial charge in [0.1, 0.15) is 12.1 Å². The average Bonchev–Trinajstić information content (AvgIpc) is 3.02. The molecule has 1 atom stereocenters. The quantitative estimate of drug-likeness (QED) is 0.691. The summed E-state index contributed by atoms with van der Waals surface area (Å²) < 4.78 is 1.27. The standard InChI is InChI=1S/C21H29N5O3/c1-13(19-14(2)24-25-15(19)3)22-18(27)12-26-11-7-10-17(21(26)29)20(28)23-16-8-5-4-6-9-16/h7,10-11,13,16H,4-6,8-9,12H2,1-3H3,(H,22,27)(H,23,28)(H,24,25)/t13-/m1/s1. The predicted octanol–water partition coefficient (Wildman–Crippen LogP) is 2.13. The van der Waals surface area contributed by atoms with Crippen LogP contribution in [0.25, 0.3) is 0 Å². The third-order valence-electron chi connectivity index (χ3n) is 5.51. The Bertz CT molecular complexity index is 921. The number of carbonyl (C=O) groups excluding carboxylic acids is 2. The van der Waals surface area contributed by atoms with Crippen LogP contribution in [-0.4, -0.2) is 32.6 Å². The fraction of sp³-hybridized carbons (Fsp3) is 0.524. The first-order chi connectivity index (χ1) is 13.9. The molecule has 2 aromatic rings. The normalized spacial score (nSPS) is 15.7. The summed E-state index contributed by atoms with van der Waals surface area (Å²) in [6, 6.07) is 3.01. The van der Waals surface area contributed by atoms with Gasteiger partial charge in [0.25, 0.3) is 11.5 Å². The van der Waals surface area contributed by atoms with Crippen LogP contribution in [0.4, 0.5) is 0 Å². The minimum atomic E-state index is -0.459. The fourth-order valence-electron chi connectivity index (χ4n) is 4.06. The molecule has 0 aromatic carbocycles. The van der Waals surface area contributed by atoms with E-state index in [0.717, 1.165) is 42.6 Å². The molecule has 0 saturated heterocycles. The zero-order valence-electron chi connectivity index (χ0n) is 17.2. The summed E-state index contributed by atoms with van der Waals surface area (Å²) >= 11 is 0. The number of rotatable bonds is 6. The lowest BCUT2D eigenvalue weighted by molar-refractivity contribution is -0.122. The van der Waals surface area contributed by atoms with Crippen molar-refractivity contribution in [2.75, 3.05) is 0 Å². The van der Waals surface area contributed by atoms with Crippen molar-refractivity contribution in [1.82, 2.24) is 25.4 Å². The molecular formula is C21H29N5O3. The van der Waals surface area contributed by atoms with E-state index in [1.807, 2.05) is 20.8 Å². The van der Waals surface area contributed by atoms with Crippen LogP contribution in [0.15, 0.2) is 23.1 Å². The minimum absolute atomic E-state index is 0.0699. The summed E-state index contributed by atoms with van der Waals surface area (Å²) in [5, 5.41) is 12.9. The first-order valence-electron chi connectivity index (χ1n) is 10.2. The largest absolute Gasteiger partial charge is 0.349 e. The summed E-state index contributed by atoms with van der Waals surface area (Å²) in [4.78, 5) is 37.8. The summed E-state index contributed by atoms with van der Waals surface area (Å²) in [7, 11) is 0. The molecule has 2 heterocycles. The molecule has 0 bridgehead atoms. The van der Waals surface area contributed by atoms with Gasteiger partial charge in [0.2, 0.25) is 5.91 Å². The van der Waals surface area contributed by atoms with Crippen molar-refractivity contribution in [2.24, 2.45) is 0 Å². The van der Waals surface area contributed by atoms with E-state index in [1.165, 1.54) is 23.3 Å². The summed E-state index contributed by atoms with van der Waals surface area (Å²) in [5.74, 6) is -0.667. The van der Waals surface area contributed by atoms with E-state index >= 15 is 0 Å². The van der Waals surface area contributed by atoms with Gasteiger partial charge in [-0.05, 0) is 45.7 Å². The number of H-pyrrole nitrogens is 1. The first kappa shape index (κ1) is 20.8. The van der Waals surface area contributed by atoms with Gasteiger partial charge in [-0.15, -0.1) is 0 Å². The monoisotopic (exact) mass is 399 g/mol. The maximum absolute atomic E-state index is 12.7. The van der Waals surface area contributed by atoms with Crippen LogP contribution < -0.4 is 16.2 Å². The van der Waals surface area contributed by atoms with E-state index < -0.39 is 5.56 Å². The number of nitrogens with one attached hydrogen (secondary N) is 3. The maximum Gasteiger partial charge on any atom is 0.263 e. The predicted molar refractivity (Wildman–Crippen MR) is 110 cm³/mol. The van der Waals surface area contributed by atoms with Gasteiger partial charge in [-0.25, -0.2) is 0 Å². The Morgan fingerprint density at radius 2 is 2.00 bits per heavy atom. The number of carbonyl (C=O) groups is 2. The molecule has 29 heavy (non-hydrogen) atoms. The Morgan fingerprint density at radius 1 is 1.28 bits per heavy atom. The second-order valence-corrected chi connectivity index (χ2v) is 7.80. The van der Waals surface area contributed by atoms with Gasteiger partial charge < -0.3 is 15.2 Å². The molecule has 1 aliphatic rings. The number of hydrogen-bond donors (Lipinski definition) is 3. The molecular weight excluding hydrogens is 370 g/mol. The van der Waals surface area contributed by atoms with E-state index in [2.05, 4.69) is 20.8 Å². The zero-order valence-corrected chi connectivity index (χ0v) is 17.2. The first-order valence-corrected chi connectivity index (χ1v) is 10.2. The molecule has 0 aliphatic heterocycles. The molecule has 1 aliphatic carbocycles. The van der Waals surface area contributed by atoms with Gasteiger partial charge in [-0.2, -0.15) is 5.10 Å². The van der Waals surface area contributed by atoms with E-state index in [1.54, 1.807) is 6.07 Å². The summed E-state index contributed by atoms with van der Waals surface area (Å²) in [5.41, 5.74) is 2.27. The molecule has 2 aromatic heterocycles. The second-order valence-electron chi connectivity index (χ2n) is 7.80. The second kappa shape index (κ2) is 9.07. The Balaban J connectivity index is 1.66. The van der Waals surface area contributed by atoms with Crippen LogP contribution in [-0.2, 0) is 11.3 Å². The van der Waals surface area contributed by atoms with Gasteiger partial charge in [0.05, 0.1) is 11.7 Å². The highest BCUT2D eigenvalue weighted by Crippen LogP contribution is 2.19. The highest BCUT2D eigenvalue weighted by atomic mass is 16.2. The topological polar surface area (TPSA) is 109 Å².